The number of hydrogen-bond acceptors (Lipinski definition) is 2. The predicted octanol–water partition coefficient (Wildman–Crippen LogP) is 5.26. The first-order valence-corrected chi connectivity index (χ1v) is 8.11. The molecule has 0 radical (unpaired) electrons. The lowest BCUT2D eigenvalue weighted by molar-refractivity contribution is 0.0831. The Labute approximate surface area is 141 Å². The molecule has 0 aliphatic rings. The number of hydrogen-bond donors (Lipinski definition) is 0. The Morgan fingerprint density at radius 3 is 1.82 bits per heavy atom. The van der Waals surface area contributed by atoms with Gasteiger partial charge in [-0.15, -0.1) is 0 Å². The van der Waals surface area contributed by atoms with Crippen LogP contribution in [-0.4, -0.2) is 23.8 Å². The maximum atomic E-state index is 13.0. The second-order valence-electron chi connectivity index (χ2n) is 5.05. The number of Topliss-reactive ketones (excluding diaryl/α,β-unsaturated/α-hetero) is 1. The van der Waals surface area contributed by atoms with E-state index in [0.29, 0.717) is 15.6 Å². The highest BCUT2D eigenvalue weighted by Gasteiger charge is 2.26. The standard InChI is InChI=1S/C18H19Cl2NO/c1-3-21(4-2)17(13-5-9-15(19)10-6-13)18(22)14-7-11-16(20)12-8-14/h5-12,17H,3-4H2,1-2H3. The second kappa shape index (κ2) is 7.77. The summed E-state index contributed by atoms with van der Waals surface area (Å²) in [7, 11) is 0. The van der Waals surface area contributed by atoms with Crippen molar-refractivity contribution in [2.45, 2.75) is 19.9 Å². The van der Waals surface area contributed by atoms with E-state index in [2.05, 4.69) is 18.7 Å². The van der Waals surface area contributed by atoms with Crippen molar-refractivity contribution in [2.75, 3.05) is 13.1 Å². The second-order valence-corrected chi connectivity index (χ2v) is 5.92. The Kier molecular flexibility index (Phi) is 6.01. The fourth-order valence-corrected chi connectivity index (χ4v) is 2.79. The molecular weight excluding hydrogens is 317 g/mol. The molecule has 2 nitrogen and oxygen atoms in total. The van der Waals surface area contributed by atoms with Crippen LogP contribution >= 0.6 is 23.2 Å². The van der Waals surface area contributed by atoms with Gasteiger partial charge in [-0.2, -0.15) is 0 Å². The third-order valence-electron chi connectivity index (χ3n) is 3.74. The molecule has 0 saturated heterocycles. The number of rotatable bonds is 6. The van der Waals surface area contributed by atoms with E-state index >= 15 is 0 Å². The third-order valence-corrected chi connectivity index (χ3v) is 4.24. The summed E-state index contributed by atoms with van der Waals surface area (Å²) in [5.74, 6) is 0.0719. The van der Waals surface area contributed by atoms with E-state index in [1.54, 1.807) is 24.3 Å². The van der Waals surface area contributed by atoms with Crippen LogP contribution in [0.1, 0.15) is 35.8 Å². The molecule has 0 aromatic heterocycles. The SMILES string of the molecule is CCN(CC)C(C(=O)c1ccc(Cl)cc1)c1ccc(Cl)cc1. The van der Waals surface area contributed by atoms with Crippen LogP contribution in [-0.2, 0) is 0 Å². The molecule has 2 rings (SSSR count). The van der Waals surface area contributed by atoms with Crippen LogP contribution in [0.4, 0.5) is 0 Å². The first kappa shape index (κ1) is 17.0. The Hall–Kier alpha value is -1.35. The number of ketones is 1. The number of carbonyl (C=O) groups excluding carboxylic acids is 1. The maximum absolute atomic E-state index is 13.0. The fraction of sp³-hybridized carbons (Fsp3) is 0.278. The summed E-state index contributed by atoms with van der Waals surface area (Å²) in [6.45, 7) is 5.70. The van der Waals surface area contributed by atoms with Crippen LogP contribution in [0.5, 0.6) is 0 Å². The lowest BCUT2D eigenvalue weighted by atomic mass is 9.96. The first-order chi connectivity index (χ1) is 10.6. The Morgan fingerprint density at radius 1 is 0.909 bits per heavy atom. The zero-order valence-electron chi connectivity index (χ0n) is 12.7. The minimum atomic E-state index is -0.312. The van der Waals surface area contributed by atoms with E-state index in [0.717, 1.165) is 18.7 Å². The predicted molar refractivity (Wildman–Crippen MR) is 92.9 cm³/mol. The molecule has 1 atom stereocenters. The van der Waals surface area contributed by atoms with Crippen molar-refractivity contribution in [1.29, 1.82) is 0 Å². The molecule has 0 saturated carbocycles. The topological polar surface area (TPSA) is 20.3 Å². The fourth-order valence-electron chi connectivity index (χ4n) is 2.53. The molecule has 2 aromatic carbocycles. The van der Waals surface area contributed by atoms with Gasteiger partial charge in [-0.1, -0.05) is 49.2 Å². The minimum Gasteiger partial charge on any atom is -0.292 e. The average Bonchev–Trinajstić information content (AvgIpc) is 2.54. The van der Waals surface area contributed by atoms with E-state index in [1.165, 1.54) is 0 Å². The number of halogens is 2. The summed E-state index contributed by atoms with van der Waals surface area (Å²) in [4.78, 5) is 15.1. The van der Waals surface area contributed by atoms with Crippen molar-refractivity contribution in [3.05, 3.63) is 69.7 Å². The highest BCUT2D eigenvalue weighted by atomic mass is 35.5. The first-order valence-electron chi connectivity index (χ1n) is 7.36. The van der Waals surface area contributed by atoms with Crippen molar-refractivity contribution >= 4 is 29.0 Å². The quantitative estimate of drug-likeness (QED) is 0.671. The van der Waals surface area contributed by atoms with E-state index in [9.17, 15) is 4.79 Å². The summed E-state index contributed by atoms with van der Waals surface area (Å²) in [6.07, 6.45) is 0. The molecule has 116 valence electrons. The van der Waals surface area contributed by atoms with Gasteiger partial charge in [0.1, 0.15) is 0 Å². The molecule has 0 heterocycles. The van der Waals surface area contributed by atoms with Gasteiger partial charge in [0.05, 0.1) is 6.04 Å². The maximum Gasteiger partial charge on any atom is 0.184 e. The molecule has 0 N–H and O–H groups in total. The highest BCUT2D eigenvalue weighted by Crippen LogP contribution is 2.27. The van der Waals surface area contributed by atoms with E-state index in [1.807, 2.05) is 24.3 Å². The number of likely N-dealkylation sites (N-methyl/N-ethyl adjacent to an activating group) is 1. The van der Waals surface area contributed by atoms with Gasteiger partial charge in [0.2, 0.25) is 0 Å². The smallest absolute Gasteiger partial charge is 0.184 e. The van der Waals surface area contributed by atoms with Gasteiger partial charge >= 0.3 is 0 Å². The van der Waals surface area contributed by atoms with E-state index in [-0.39, 0.29) is 11.8 Å². The largest absolute Gasteiger partial charge is 0.292 e. The highest BCUT2D eigenvalue weighted by molar-refractivity contribution is 6.31. The zero-order valence-corrected chi connectivity index (χ0v) is 14.2. The van der Waals surface area contributed by atoms with Crippen LogP contribution in [0.2, 0.25) is 10.0 Å². The molecule has 0 fully saturated rings. The van der Waals surface area contributed by atoms with Crippen molar-refractivity contribution < 1.29 is 4.79 Å². The van der Waals surface area contributed by atoms with E-state index in [4.69, 9.17) is 23.2 Å². The van der Waals surface area contributed by atoms with Crippen molar-refractivity contribution in [2.24, 2.45) is 0 Å². The lowest BCUT2D eigenvalue weighted by Gasteiger charge is -2.29. The zero-order chi connectivity index (χ0) is 16.1. The number of nitrogens with zero attached hydrogens (tertiary/aromatic N) is 1. The van der Waals surface area contributed by atoms with Gasteiger partial charge in [0.15, 0.2) is 5.78 Å². The van der Waals surface area contributed by atoms with Gasteiger partial charge in [-0.05, 0) is 55.1 Å². The van der Waals surface area contributed by atoms with Crippen molar-refractivity contribution in [3.8, 4) is 0 Å². The number of benzene rings is 2. The summed E-state index contributed by atoms with van der Waals surface area (Å²) < 4.78 is 0. The molecule has 22 heavy (non-hydrogen) atoms. The van der Waals surface area contributed by atoms with Gasteiger partial charge in [0.25, 0.3) is 0 Å². The van der Waals surface area contributed by atoms with E-state index < -0.39 is 0 Å². The van der Waals surface area contributed by atoms with Crippen molar-refractivity contribution in [3.63, 3.8) is 0 Å². The molecule has 1 unspecified atom stereocenters. The van der Waals surface area contributed by atoms with Gasteiger partial charge in [0, 0.05) is 15.6 Å². The van der Waals surface area contributed by atoms with Crippen LogP contribution < -0.4 is 0 Å². The average molecular weight is 336 g/mol. The molecular formula is C18H19Cl2NO. The summed E-state index contributed by atoms with van der Waals surface area (Å²) >= 11 is 11.9. The number of carbonyl (C=O) groups is 1. The molecule has 0 spiro atoms. The van der Waals surface area contributed by atoms with Crippen LogP contribution in [0, 0.1) is 0 Å². The van der Waals surface area contributed by atoms with Gasteiger partial charge < -0.3 is 0 Å². The normalized spacial score (nSPS) is 12.4. The Balaban J connectivity index is 2.41. The Bertz CT molecular complexity index is 619. The van der Waals surface area contributed by atoms with Gasteiger partial charge in [-0.3, -0.25) is 9.69 Å². The lowest BCUT2D eigenvalue weighted by Crippen LogP contribution is -2.34. The third kappa shape index (κ3) is 3.89. The van der Waals surface area contributed by atoms with Crippen LogP contribution in [0.3, 0.4) is 0 Å². The minimum absolute atomic E-state index is 0.0719. The summed E-state index contributed by atoms with van der Waals surface area (Å²) in [6, 6.07) is 14.2. The molecule has 0 aliphatic heterocycles. The molecule has 4 heteroatoms. The molecule has 2 aromatic rings. The monoisotopic (exact) mass is 335 g/mol. The van der Waals surface area contributed by atoms with Crippen LogP contribution in [0.25, 0.3) is 0 Å². The molecule has 0 bridgehead atoms. The van der Waals surface area contributed by atoms with Crippen LogP contribution in [0.15, 0.2) is 48.5 Å². The Morgan fingerprint density at radius 2 is 1.36 bits per heavy atom. The van der Waals surface area contributed by atoms with Crippen molar-refractivity contribution in [1.82, 2.24) is 4.90 Å². The summed E-state index contributed by atoms with van der Waals surface area (Å²) in [5.41, 5.74) is 1.62. The molecule has 0 aliphatic carbocycles. The molecule has 0 amide bonds. The summed E-state index contributed by atoms with van der Waals surface area (Å²) in [5, 5.41) is 1.29. The van der Waals surface area contributed by atoms with Gasteiger partial charge in [-0.25, -0.2) is 0 Å².